The summed E-state index contributed by atoms with van der Waals surface area (Å²) in [7, 11) is 0. The van der Waals surface area contributed by atoms with Crippen molar-refractivity contribution in [3.8, 4) is 6.07 Å². The van der Waals surface area contributed by atoms with E-state index in [0.29, 0.717) is 11.3 Å². The van der Waals surface area contributed by atoms with Gasteiger partial charge >= 0.3 is 0 Å². The van der Waals surface area contributed by atoms with Crippen LogP contribution in [0.25, 0.3) is 0 Å². The number of aliphatic hydroxyl groups excluding tert-OH is 1. The molecule has 2 atom stereocenters. The molecule has 0 fully saturated rings. The van der Waals surface area contributed by atoms with Crippen LogP contribution in [0.3, 0.4) is 0 Å². The van der Waals surface area contributed by atoms with Gasteiger partial charge in [0.1, 0.15) is 11.6 Å². The molecule has 0 spiro atoms. The molecular formula is C20H23N3O3. The molecule has 3 rings (SSSR count). The zero-order valence-electron chi connectivity index (χ0n) is 15.1. The normalized spacial score (nSPS) is 17.4. The van der Waals surface area contributed by atoms with Gasteiger partial charge in [-0.15, -0.1) is 0 Å². The number of aryl methyl sites for hydroxylation is 2. The highest BCUT2D eigenvalue weighted by atomic mass is 16.5. The van der Waals surface area contributed by atoms with Gasteiger partial charge in [0.2, 0.25) is 0 Å². The van der Waals surface area contributed by atoms with Gasteiger partial charge in [-0.05, 0) is 49.8 Å². The predicted octanol–water partition coefficient (Wildman–Crippen LogP) is 2.19. The van der Waals surface area contributed by atoms with E-state index < -0.39 is 11.7 Å². The van der Waals surface area contributed by atoms with E-state index in [0.717, 1.165) is 23.9 Å². The van der Waals surface area contributed by atoms with Gasteiger partial charge in [-0.1, -0.05) is 24.3 Å². The third-order valence-electron chi connectivity index (χ3n) is 4.94. The monoisotopic (exact) mass is 353 g/mol. The molecule has 1 aliphatic carbocycles. The maximum Gasteiger partial charge on any atom is 0.285 e. The number of hydrogen-bond donors (Lipinski definition) is 1. The molecule has 1 heterocycles. The number of benzene rings is 1. The number of ether oxygens (including phenoxy) is 1. The first kappa shape index (κ1) is 18.3. The first-order valence-electron chi connectivity index (χ1n) is 8.87. The Morgan fingerprint density at radius 1 is 1.42 bits per heavy atom. The highest BCUT2D eigenvalue weighted by Crippen LogP contribution is 2.32. The van der Waals surface area contributed by atoms with Crippen LogP contribution in [0, 0.1) is 25.2 Å². The third kappa shape index (κ3) is 3.69. The number of hydrogen-bond acceptors (Lipinski definition) is 5. The van der Waals surface area contributed by atoms with Crippen molar-refractivity contribution in [2.24, 2.45) is 0 Å². The summed E-state index contributed by atoms with van der Waals surface area (Å²) in [6.45, 7) is 3.56. The van der Waals surface area contributed by atoms with Crippen molar-refractivity contribution in [2.75, 3.05) is 6.61 Å². The molecule has 1 aromatic carbocycles. The lowest BCUT2D eigenvalue weighted by Gasteiger charge is -2.26. The summed E-state index contributed by atoms with van der Waals surface area (Å²) in [4.78, 5) is 12.3. The molecule has 0 amide bonds. The Morgan fingerprint density at radius 3 is 2.96 bits per heavy atom. The SMILES string of the molecule is Cc1nn(C[C@H](O)CO[C@@H]2CCCc3ccccc32)c(=O)c(C#N)c1C. The van der Waals surface area contributed by atoms with E-state index in [2.05, 4.69) is 17.2 Å². The molecule has 0 aliphatic heterocycles. The minimum Gasteiger partial charge on any atom is -0.389 e. The van der Waals surface area contributed by atoms with E-state index in [1.165, 1.54) is 11.1 Å². The number of rotatable bonds is 5. The molecule has 1 aliphatic rings. The molecule has 0 bridgehead atoms. The standard InChI is InChI=1S/C20H23N3O3/c1-13-14(2)22-23(20(25)18(13)10-21)11-16(24)12-26-19-9-5-7-15-6-3-4-8-17(15)19/h3-4,6,8,16,19,24H,5,7,9,11-12H2,1-2H3/t16-,19+/m0/s1. The lowest BCUT2D eigenvalue weighted by Crippen LogP contribution is -2.34. The summed E-state index contributed by atoms with van der Waals surface area (Å²) in [6, 6.07) is 10.1. The van der Waals surface area contributed by atoms with Gasteiger partial charge in [0.15, 0.2) is 0 Å². The lowest BCUT2D eigenvalue weighted by atomic mass is 9.89. The van der Waals surface area contributed by atoms with Crippen LogP contribution >= 0.6 is 0 Å². The molecule has 1 N–H and O–H groups in total. The Balaban J connectivity index is 1.68. The summed E-state index contributed by atoms with van der Waals surface area (Å²) in [6.07, 6.45) is 2.12. The molecule has 26 heavy (non-hydrogen) atoms. The number of nitriles is 1. The summed E-state index contributed by atoms with van der Waals surface area (Å²) in [5.74, 6) is 0. The van der Waals surface area contributed by atoms with Gasteiger partial charge in [-0.2, -0.15) is 10.4 Å². The Morgan fingerprint density at radius 2 is 2.19 bits per heavy atom. The van der Waals surface area contributed by atoms with Crippen molar-refractivity contribution in [3.05, 3.63) is 62.6 Å². The van der Waals surface area contributed by atoms with E-state index in [9.17, 15) is 15.2 Å². The highest BCUT2D eigenvalue weighted by Gasteiger charge is 2.22. The fourth-order valence-corrected chi connectivity index (χ4v) is 3.39. The zero-order valence-corrected chi connectivity index (χ0v) is 15.1. The van der Waals surface area contributed by atoms with Crippen LogP contribution in [0.15, 0.2) is 29.1 Å². The minimum absolute atomic E-state index is 0.00298. The van der Waals surface area contributed by atoms with Gasteiger partial charge in [0.25, 0.3) is 5.56 Å². The van der Waals surface area contributed by atoms with Crippen LogP contribution in [0.4, 0.5) is 0 Å². The van der Waals surface area contributed by atoms with Crippen molar-refractivity contribution in [1.82, 2.24) is 9.78 Å². The number of fused-ring (bicyclic) bond motifs is 1. The smallest absolute Gasteiger partial charge is 0.285 e. The lowest BCUT2D eigenvalue weighted by molar-refractivity contribution is -0.0240. The van der Waals surface area contributed by atoms with Crippen LogP contribution in [-0.2, 0) is 17.7 Å². The molecule has 2 aromatic rings. The van der Waals surface area contributed by atoms with Gasteiger partial charge < -0.3 is 9.84 Å². The average molecular weight is 353 g/mol. The van der Waals surface area contributed by atoms with E-state index in [-0.39, 0.29) is 24.8 Å². The van der Waals surface area contributed by atoms with Crippen LogP contribution in [0.2, 0.25) is 0 Å². The molecule has 0 radical (unpaired) electrons. The van der Waals surface area contributed by atoms with Crippen molar-refractivity contribution in [2.45, 2.75) is 51.9 Å². The van der Waals surface area contributed by atoms with Crippen molar-refractivity contribution >= 4 is 0 Å². The molecule has 1 aromatic heterocycles. The topological polar surface area (TPSA) is 88.1 Å². The summed E-state index contributed by atoms with van der Waals surface area (Å²) >= 11 is 0. The van der Waals surface area contributed by atoms with Crippen LogP contribution < -0.4 is 5.56 Å². The first-order chi connectivity index (χ1) is 12.5. The molecule has 6 heteroatoms. The van der Waals surface area contributed by atoms with E-state index in [1.54, 1.807) is 13.8 Å². The van der Waals surface area contributed by atoms with Gasteiger partial charge in [-0.25, -0.2) is 4.68 Å². The Labute approximate surface area is 152 Å². The number of aromatic nitrogens is 2. The largest absolute Gasteiger partial charge is 0.389 e. The van der Waals surface area contributed by atoms with Crippen molar-refractivity contribution in [1.29, 1.82) is 5.26 Å². The number of aliphatic hydroxyl groups is 1. The number of nitrogens with zero attached hydrogens (tertiary/aromatic N) is 3. The second kappa shape index (κ2) is 7.81. The second-order valence-corrected chi connectivity index (χ2v) is 6.75. The van der Waals surface area contributed by atoms with Crippen molar-refractivity contribution < 1.29 is 9.84 Å². The Bertz CT molecular complexity index is 898. The van der Waals surface area contributed by atoms with Crippen LogP contribution in [0.1, 0.15) is 46.9 Å². The summed E-state index contributed by atoms with van der Waals surface area (Å²) in [5, 5.41) is 23.7. The molecular weight excluding hydrogens is 330 g/mol. The highest BCUT2D eigenvalue weighted by molar-refractivity contribution is 5.36. The van der Waals surface area contributed by atoms with Crippen LogP contribution in [0.5, 0.6) is 0 Å². The first-order valence-corrected chi connectivity index (χ1v) is 8.87. The van der Waals surface area contributed by atoms with E-state index in [1.807, 2.05) is 18.2 Å². The van der Waals surface area contributed by atoms with E-state index >= 15 is 0 Å². The maximum atomic E-state index is 12.3. The molecule has 6 nitrogen and oxygen atoms in total. The van der Waals surface area contributed by atoms with Gasteiger partial charge in [0, 0.05) is 0 Å². The van der Waals surface area contributed by atoms with Crippen LogP contribution in [-0.4, -0.2) is 27.6 Å². The second-order valence-electron chi connectivity index (χ2n) is 6.75. The fraction of sp³-hybridized carbons (Fsp3) is 0.450. The molecule has 0 saturated heterocycles. The van der Waals surface area contributed by atoms with Crippen molar-refractivity contribution in [3.63, 3.8) is 0 Å². The quantitative estimate of drug-likeness (QED) is 0.890. The molecule has 0 unspecified atom stereocenters. The summed E-state index contributed by atoms with van der Waals surface area (Å²) < 4.78 is 7.09. The van der Waals surface area contributed by atoms with Gasteiger partial charge in [-0.3, -0.25) is 4.79 Å². The van der Waals surface area contributed by atoms with E-state index in [4.69, 9.17) is 4.74 Å². The predicted molar refractivity (Wildman–Crippen MR) is 96.8 cm³/mol. The fourth-order valence-electron chi connectivity index (χ4n) is 3.39. The third-order valence-corrected chi connectivity index (χ3v) is 4.94. The zero-order chi connectivity index (χ0) is 18.7. The Kier molecular flexibility index (Phi) is 5.50. The Hall–Kier alpha value is -2.49. The van der Waals surface area contributed by atoms with Gasteiger partial charge in [0.05, 0.1) is 31.1 Å². The molecule has 0 saturated carbocycles. The maximum absolute atomic E-state index is 12.3. The summed E-state index contributed by atoms with van der Waals surface area (Å²) in [5.41, 5.74) is 3.27. The molecule has 136 valence electrons. The minimum atomic E-state index is -0.872. The average Bonchev–Trinajstić information content (AvgIpc) is 2.65.